The Morgan fingerprint density at radius 1 is 0.971 bits per heavy atom. The SMILES string of the molecule is COc1ccnc(F)c1-c1ccc2c(c1)C(c1ccnc(N3CCN(S(C)(=O)=O)CC3)c1)=NC2. The van der Waals surface area contributed by atoms with Crippen molar-refractivity contribution in [3.05, 3.63) is 71.4 Å². The quantitative estimate of drug-likeness (QED) is 0.521. The molecule has 2 aliphatic rings. The number of nitrogens with zero attached hydrogens (tertiary/aromatic N) is 5. The third kappa shape index (κ3) is 4.14. The van der Waals surface area contributed by atoms with Crippen molar-refractivity contribution in [3.63, 3.8) is 0 Å². The highest BCUT2D eigenvalue weighted by Gasteiger charge is 2.25. The van der Waals surface area contributed by atoms with Crippen LogP contribution in [0.15, 0.2) is 53.8 Å². The maximum atomic E-state index is 14.6. The largest absolute Gasteiger partial charge is 0.496 e. The summed E-state index contributed by atoms with van der Waals surface area (Å²) < 4.78 is 45.0. The van der Waals surface area contributed by atoms with Gasteiger partial charge < -0.3 is 9.64 Å². The van der Waals surface area contributed by atoms with Gasteiger partial charge in [0.1, 0.15) is 11.6 Å². The van der Waals surface area contributed by atoms with Gasteiger partial charge in [0.05, 0.1) is 31.2 Å². The highest BCUT2D eigenvalue weighted by atomic mass is 32.2. The number of sulfonamides is 1. The van der Waals surface area contributed by atoms with Crippen LogP contribution in [0.4, 0.5) is 10.2 Å². The van der Waals surface area contributed by atoms with Crippen LogP contribution in [0.25, 0.3) is 11.1 Å². The molecule has 8 nitrogen and oxygen atoms in total. The number of benzene rings is 1. The van der Waals surface area contributed by atoms with E-state index in [4.69, 9.17) is 9.73 Å². The van der Waals surface area contributed by atoms with E-state index in [0.717, 1.165) is 28.2 Å². The molecule has 1 aromatic carbocycles. The van der Waals surface area contributed by atoms with Crippen LogP contribution in [-0.4, -0.2) is 67.9 Å². The second-order valence-corrected chi connectivity index (χ2v) is 10.3. The Bertz CT molecular complexity index is 1390. The zero-order chi connectivity index (χ0) is 23.9. The monoisotopic (exact) mass is 481 g/mol. The highest BCUT2D eigenvalue weighted by molar-refractivity contribution is 7.88. The second-order valence-electron chi connectivity index (χ2n) is 8.27. The minimum absolute atomic E-state index is 0.318. The Balaban J connectivity index is 1.45. The molecule has 3 aromatic rings. The number of aromatic nitrogens is 2. The summed E-state index contributed by atoms with van der Waals surface area (Å²) in [5.74, 6) is 0.608. The topological polar surface area (TPSA) is 88.0 Å². The Kier molecular flexibility index (Phi) is 5.78. The average molecular weight is 482 g/mol. The summed E-state index contributed by atoms with van der Waals surface area (Å²) in [6.45, 7) is 2.53. The summed E-state index contributed by atoms with van der Waals surface area (Å²) in [6, 6.07) is 11.3. The van der Waals surface area contributed by atoms with Crippen LogP contribution >= 0.6 is 0 Å². The fourth-order valence-electron chi connectivity index (χ4n) is 4.43. The number of piperazine rings is 1. The van der Waals surface area contributed by atoms with Gasteiger partial charge in [-0.05, 0) is 35.4 Å². The van der Waals surface area contributed by atoms with Gasteiger partial charge in [-0.3, -0.25) is 4.99 Å². The van der Waals surface area contributed by atoms with Crippen molar-refractivity contribution in [2.24, 2.45) is 4.99 Å². The standard InChI is InChI=1S/C24H24FN5O3S/c1-33-20-6-8-27-24(25)22(20)16-3-4-18-15-28-23(19(18)13-16)17-5-7-26-21(14-17)29-9-11-30(12-10-29)34(2,31)32/h3-8,13-14H,9-12,15H2,1-2H3. The molecule has 2 aliphatic heterocycles. The van der Waals surface area contributed by atoms with Crippen molar-refractivity contribution in [2.45, 2.75) is 6.54 Å². The molecule has 1 fully saturated rings. The maximum Gasteiger partial charge on any atom is 0.224 e. The molecular formula is C24H24FN5O3S. The summed E-state index contributed by atoms with van der Waals surface area (Å²) >= 11 is 0. The third-order valence-corrected chi connectivity index (χ3v) is 7.50. The Morgan fingerprint density at radius 2 is 1.74 bits per heavy atom. The van der Waals surface area contributed by atoms with Crippen LogP contribution in [0.1, 0.15) is 16.7 Å². The zero-order valence-corrected chi connectivity index (χ0v) is 19.7. The fraction of sp³-hybridized carbons (Fsp3) is 0.292. The Labute approximate surface area is 197 Å². The molecular weight excluding hydrogens is 457 g/mol. The molecule has 34 heavy (non-hydrogen) atoms. The second kappa shape index (κ2) is 8.77. The van der Waals surface area contributed by atoms with Gasteiger partial charge in [-0.15, -0.1) is 0 Å². The molecule has 0 aliphatic carbocycles. The Morgan fingerprint density at radius 3 is 2.47 bits per heavy atom. The van der Waals surface area contributed by atoms with Crippen molar-refractivity contribution in [2.75, 3.05) is 44.4 Å². The van der Waals surface area contributed by atoms with E-state index in [1.807, 2.05) is 30.3 Å². The van der Waals surface area contributed by atoms with E-state index in [1.165, 1.54) is 23.9 Å². The predicted molar refractivity (Wildman–Crippen MR) is 128 cm³/mol. The molecule has 0 atom stereocenters. The lowest BCUT2D eigenvalue weighted by Gasteiger charge is -2.34. The molecule has 0 radical (unpaired) electrons. The highest BCUT2D eigenvalue weighted by Crippen LogP contribution is 2.35. The van der Waals surface area contributed by atoms with E-state index in [0.29, 0.717) is 49.6 Å². The van der Waals surface area contributed by atoms with Gasteiger partial charge in [0.25, 0.3) is 0 Å². The predicted octanol–water partition coefficient (Wildman–Crippen LogP) is 2.72. The first-order valence-electron chi connectivity index (χ1n) is 10.9. The van der Waals surface area contributed by atoms with Gasteiger partial charge in [-0.25, -0.2) is 18.4 Å². The molecule has 1 saturated heterocycles. The van der Waals surface area contributed by atoms with Gasteiger partial charge in [-0.1, -0.05) is 12.1 Å². The lowest BCUT2D eigenvalue weighted by molar-refractivity contribution is 0.387. The van der Waals surface area contributed by atoms with Gasteiger partial charge in [0.15, 0.2) is 0 Å². The number of anilines is 1. The number of rotatable bonds is 5. The van der Waals surface area contributed by atoms with Crippen molar-refractivity contribution in [3.8, 4) is 16.9 Å². The number of fused-ring (bicyclic) bond motifs is 1. The molecule has 4 heterocycles. The summed E-state index contributed by atoms with van der Waals surface area (Å²) in [5.41, 5.74) is 4.70. The maximum absolute atomic E-state index is 14.6. The lowest BCUT2D eigenvalue weighted by Crippen LogP contribution is -2.48. The first-order valence-corrected chi connectivity index (χ1v) is 12.7. The molecule has 0 amide bonds. The molecule has 176 valence electrons. The summed E-state index contributed by atoms with van der Waals surface area (Å²) in [7, 11) is -1.69. The van der Waals surface area contributed by atoms with Gasteiger partial charge in [-0.2, -0.15) is 8.70 Å². The Hall–Kier alpha value is -3.37. The van der Waals surface area contributed by atoms with Gasteiger partial charge in [0.2, 0.25) is 16.0 Å². The molecule has 2 aromatic heterocycles. The molecule has 0 unspecified atom stereocenters. The normalized spacial score (nSPS) is 16.3. The third-order valence-electron chi connectivity index (χ3n) is 6.20. The molecule has 0 saturated carbocycles. The van der Waals surface area contributed by atoms with Crippen LogP contribution in [0, 0.1) is 5.95 Å². The number of hydrogen-bond donors (Lipinski definition) is 0. The number of aliphatic imine (C=N–C) groups is 1. The number of methoxy groups -OCH3 is 1. The first-order chi connectivity index (χ1) is 16.3. The number of halogens is 1. The van der Waals surface area contributed by atoms with Crippen LogP contribution in [0.2, 0.25) is 0 Å². The minimum Gasteiger partial charge on any atom is -0.496 e. The first kappa shape index (κ1) is 22.4. The van der Waals surface area contributed by atoms with Crippen molar-refractivity contribution in [1.82, 2.24) is 14.3 Å². The van der Waals surface area contributed by atoms with Crippen LogP contribution < -0.4 is 9.64 Å². The van der Waals surface area contributed by atoms with Gasteiger partial charge in [0, 0.05) is 49.7 Å². The van der Waals surface area contributed by atoms with E-state index < -0.39 is 16.0 Å². The van der Waals surface area contributed by atoms with E-state index in [2.05, 4.69) is 14.9 Å². The number of ether oxygens (including phenoxy) is 1. The fourth-order valence-corrected chi connectivity index (χ4v) is 5.25. The van der Waals surface area contributed by atoms with Crippen LogP contribution in [-0.2, 0) is 16.6 Å². The van der Waals surface area contributed by atoms with E-state index in [9.17, 15) is 12.8 Å². The lowest BCUT2D eigenvalue weighted by atomic mass is 9.95. The molecule has 0 N–H and O–H groups in total. The van der Waals surface area contributed by atoms with Crippen molar-refractivity contribution >= 4 is 21.6 Å². The van der Waals surface area contributed by atoms with E-state index >= 15 is 0 Å². The zero-order valence-electron chi connectivity index (χ0n) is 18.9. The van der Waals surface area contributed by atoms with Crippen LogP contribution in [0.3, 0.4) is 0 Å². The van der Waals surface area contributed by atoms with E-state index in [-0.39, 0.29) is 0 Å². The average Bonchev–Trinajstić information content (AvgIpc) is 3.27. The van der Waals surface area contributed by atoms with E-state index in [1.54, 1.807) is 12.3 Å². The van der Waals surface area contributed by atoms with Crippen LogP contribution in [0.5, 0.6) is 5.75 Å². The summed E-state index contributed by atoms with van der Waals surface area (Å²) in [6.07, 6.45) is 4.35. The molecule has 0 bridgehead atoms. The molecule has 5 rings (SSSR count). The number of hydrogen-bond acceptors (Lipinski definition) is 7. The number of pyridine rings is 2. The molecule has 10 heteroatoms. The summed E-state index contributed by atoms with van der Waals surface area (Å²) in [4.78, 5) is 15.1. The minimum atomic E-state index is -3.19. The molecule has 0 spiro atoms. The van der Waals surface area contributed by atoms with Crippen molar-refractivity contribution < 1.29 is 17.5 Å². The van der Waals surface area contributed by atoms with Crippen molar-refractivity contribution in [1.29, 1.82) is 0 Å². The smallest absolute Gasteiger partial charge is 0.224 e. The van der Waals surface area contributed by atoms with Gasteiger partial charge >= 0.3 is 0 Å². The summed E-state index contributed by atoms with van der Waals surface area (Å²) in [5, 5.41) is 0.